The van der Waals surface area contributed by atoms with E-state index in [1.165, 1.54) is 11.3 Å². The number of allylic oxidation sites excluding steroid dienone is 1. The average Bonchev–Trinajstić information content (AvgIpc) is 3.50. The highest BCUT2D eigenvalue weighted by atomic mass is 32.1. The molecule has 4 aromatic rings. The quantitative estimate of drug-likeness (QED) is 0.507. The van der Waals surface area contributed by atoms with Crippen molar-refractivity contribution in [2.45, 2.75) is 19.9 Å². The van der Waals surface area contributed by atoms with Crippen LogP contribution in [0.2, 0.25) is 0 Å². The lowest BCUT2D eigenvalue weighted by Gasteiger charge is -2.25. The molecule has 1 atom stereocenters. The lowest BCUT2D eigenvalue weighted by atomic mass is 9.95. The first-order valence-electron chi connectivity index (χ1n) is 10.3. The standard InChI is InChI=1S/C24H21N5O3S/c1-14-20(22(30)27-17-7-5-4-6-8-17)21(18-12-25-28(3)15(18)2)29-23(31)19(33-24(29)26-14)11-16-9-10-32-13-16/h4-13,21H,1-3H3,(H,27,30)/b19-11+/t21-/m1/s1. The van der Waals surface area contributed by atoms with Gasteiger partial charge in [0.2, 0.25) is 0 Å². The van der Waals surface area contributed by atoms with E-state index in [-0.39, 0.29) is 11.5 Å². The molecule has 0 unspecified atom stereocenters. The van der Waals surface area contributed by atoms with Crippen molar-refractivity contribution in [3.63, 3.8) is 0 Å². The van der Waals surface area contributed by atoms with Crippen molar-refractivity contribution >= 4 is 29.0 Å². The number of thiazole rings is 1. The van der Waals surface area contributed by atoms with Gasteiger partial charge in [0.05, 0.1) is 34.5 Å². The number of fused-ring (bicyclic) bond motifs is 1. The highest BCUT2D eigenvalue weighted by Crippen LogP contribution is 2.32. The van der Waals surface area contributed by atoms with Crippen LogP contribution in [0.1, 0.15) is 29.8 Å². The molecule has 0 aliphatic carbocycles. The summed E-state index contributed by atoms with van der Waals surface area (Å²) in [6.07, 6.45) is 6.61. The van der Waals surface area contributed by atoms with Crippen LogP contribution in [0, 0.1) is 6.92 Å². The Hall–Kier alpha value is -3.98. The third-order valence-electron chi connectivity index (χ3n) is 5.71. The molecule has 0 saturated heterocycles. The fraction of sp³-hybridized carbons (Fsp3) is 0.167. The van der Waals surface area contributed by atoms with Crippen LogP contribution in [0.3, 0.4) is 0 Å². The number of nitrogens with one attached hydrogen (secondary N) is 1. The molecule has 0 fully saturated rings. The van der Waals surface area contributed by atoms with Gasteiger partial charge < -0.3 is 9.73 Å². The van der Waals surface area contributed by atoms with E-state index in [1.54, 1.807) is 47.0 Å². The van der Waals surface area contributed by atoms with E-state index >= 15 is 0 Å². The molecule has 9 heteroatoms. The van der Waals surface area contributed by atoms with Crippen molar-refractivity contribution < 1.29 is 9.21 Å². The van der Waals surface area contributed by atoms with Gasteiger partial charge in [0, 0.05) is 29.6 Å². The smallest absolute Gasteiger partial charge is 0.271 e. The van der Waals surface area contributed by atoms with Gasteiger partial charge in [-0.2, -0.15) is 5.10 Å². The highest BCUT2D eigenvalue weighted by Gasteiger charge is 2.34. The lowest BCUT2D eigenvalue weighted by Crippen LogP contribution is -2.40. The van der Waals surface area contributed by atoms with E-state index in [4.69, 9.17) is 4.42 Å². The Morgan fingerprint density at radius 3 is 2.67 bits per heavy atom. The third-order valence-corrected chi connectivity index (χ3v) is 6.69. The number of amides is 1. The zero-order valence-corrected chi connectivity index (χ0v) is 19.1. The Morgan fingerprint density at radius 1 is 1.21 bits per heavy atom. The number of carbonyl (C=O) groups excluding carboxylic acids is 1. The number of carbonyl (C=O) groups is 1. The Bertz CT molecular complexity index is 1560. The molecule has 0 saturated carbocycles. The zero-order valence-electron chi connectivity index (χ0n) is 18.3. The fourth-order valence-electron chi connectivity index (χ4n) is 3.92. The minimum absolute atomic E-state index is 0.217. The number of furan rings is 1. The van der Waals surface area contributed by atoms with Crippen molar-refractivity contribution in [1.82, 2.24) is 14.3 Å². The van der Waals surface area contributed by atoms with Crippen LogP contribution in [-0.4, -0.2) is 20.3 Å². The molecular formula is C24H21N5O3S. The SMILES string of the molecule is CC1=C(C(=O)Nc2ccccc2)[C@@H](c2cnn(C)c2C)n2c(s/c(=C/c3ccoc3)c2=O)=N1. The second-order valence-corrected chi connectivity index (χ2v) is 8.78. The first kappa shape index (κ1) is 20.9. The van der Waals surface area contributed by atoms with Gasteiger partial charge in [-0.15, -0.1) is 0 Å². The summed E-state index contributed by atoms with van der Waals surface area (Å²) in [5, 5.41) is 7.31. The number of rotatable bonds is 4. The van der Waals surface area contributed by atoms with Crippen LogP contribution < -0.4 is 20.2 Å². The molecule has 166 valence electrons. The van der Waals surface area contributed by atoms with Crippen molar-refractivity contribution in [2.24, 2.45) is 12.0 Å². The molecule has 1 N–H and O–H groups in total. The summed E-state index contributed by atoms with van der Waals surface area (Å²) >= 11 is 1.29. The lowest BCUT2D eigenvalue weighted by molar-refractivity contribution is -0.113. The van der Waals surface area contributed by atoms with E-state index in [0.717, 1.165) is 16.8 Å². The molecule has 0 bridgehead atoms. The summed E-state index contributed by atoms with van der Waals surface area (Å²) in [6.45, 7) is 3.72. The summed E-state index contributed by atoms with van der Waals surface area (Å²) in [6, 6.07) is 10.4. The molecule has 4 heterocycles. The maximum atomic E-state index is 13.5. The predicted octanol–water partition coefficient (Wildman–Crippen LogP) is 2.51. The number of hydrogen-bond donors (Lipinski definition) is 1. The topological polar surface area (TPSA) is 94.4 Å². The normalized spacial score (nSPS) is 16.0. The molecule has 1 aromatic carbocycles. The zero-order chi connectivity index (χ0) is 23.1. The summed E-state index contributed by atoms with van der Waals surface area (Å²) in [7, 11) is 1.84. The summed E-state index contributed by atoms with van der Waals surface area (Å²) in [4.78, 5) is 32.2. The van der Waals surface area contributed by atoms with Gasteiger partial charge >= 0.3 is 0 Å². The second-order valence-electron chi connectivity index (χ2n) is 7.77. The number of hydrogen-bond acceptors (Lipinski definition) is 6. The van der Waals surface area contributed by atoms with Gasteiger partial charge in [-0.3, -0.25) is 18.8 Å². The van der Waals surface area contributed by atoms with E-state index in [1.807, 2.05) is 44.3 Å². The predicted molar refractivity (Wildman–Crippen MR) is 125 cm³/mol. The largest absolute Gasteiger partial charge is 0.472 e. The maximum absolute atomic E-state index is 13.5. The van der Waals surface area contributed by atoms with Crippen molar-refractivity contribution in [3.05, 3.63) is 103 Å². The van der Waals surface area contributed by atoms with Crippen LogP contribution in [0.15, 0.2) is 80.6 Å². The Morgan fingerprint density at radius 2 is 2.00 bits per heavy atom. The summed E-state index contributed by atoms with van der Waals surface area (Å²) in [5.41, 5.74) is 3.86. The first-order valence-corrected chi connectivity index (χ1v) is 11.2. The molecule has 33 heavy (non-hydrogen) atoms. The molecule has 0 spiro atoms. The van der Waals surface area contributed by atoms with Gasteiger partial charge in [0.1, 0.15) is 6.04 Å². The van der Waals surface area contributed by atoms with Gasteiger partial charge in [-0.1, -0.05) is 29.5 Å². The third kappa shape index (κ3) is 3.66. The van der Waals surface area contributed by atoms with Gasteiger partial charge in [0.15, 0.2) is 4.80 Å². The summed E-state index contributed by atoms with van der Waals surface area (Å²) in [5.74, 6) is -0.306. The van der Waals surface area contributed by atoms with Crippen LogP contribution in [0.5, 0.6) is 0 Å². The molecule has 3 aromatic heterocycles. The van der Waals surface area contributed by atoms with E-state index in [9.17, 15) is 9.59 Å². The van der Waals surface area contributed by atoms with Crippen molar-refractivity contribution in [1.29, 1.82) is 0 Å². The minimum Gasteiger partial charge on any atom is -0.472 e. The van der Waals surface area contributed by atoms with Crippen LogP contribution in [0.25, 0.3) is 6.08 Å². The van der Waals surface area contributed by atoms with Crippen LogP contribution in [0.4, 0.5) is 5.69 Å². The van der Waals surface area contributed by atoms with E-state index in [2.05, 4.69) is 15.4 Å². The van der Waals surface area contributed by atoms with Crippen LogP contribution in [-0.2, 0) is 11.8 Å². The number of anilines is 1. The molecule has 1 amide bonds. The molecule has 1 aliphatic rings. The Kier molecular flexibility index (Phi) is 5.18. The van der Waals surface area contributed by atoms with Crippen LogP contribution >= 0.6 is 11.3 Å². The molecule has 0 radical (unpaired) electrons. The molecular weight excluding hydrogens is 438 g/mol. The number of aromatic nitrogens is 3. The Balaban J connectivity index is 1.70. The average molecular weight is 460 g/mol. The second kappa shape index (κ2) is 8.18. The van der Waals surface area contributed by atoms with Gasteiger partial charge in [-0.25, -0.2) is 4.99 Å². The van der Waals surface area contributed by atoms with Crippen molar-refractivity contribution in [3.8, 4) is 0 Å². The number of para-hydroxylation sites is 1. The fourth-order valence-corrected chi connectivity index (χ4v) is 4.97. The van der Waals surface area contributed by atoms with Crippen molar-refractivity contribution in [2.75, 3.05) is 5.32 Å². The minimum atomic E-state index is -0.648. The van der Waals surface area contributed by atoms with Gasteiger partial charge in [-0.05, 0) is 38.1 Å². The van der Waals surface area contributed by atoms with E-state index < -0.39 is 6.04 Å². The summed E-state index contributed by atoms with van der Waals surface area (Å²) < 4.78 is 8.97. The number of benzene rings is 1. The Labute approximate surface area is 192 Å². The van der Waals surface area contributed by atoms with Gasteiger partial charge in [0.25, 0.3) is 11.5 Å². The highest BCUT2D eigenvalue weighted by molar-refractivity contribution is 7.07. The molecule has 1 aliphatic heterocycles. The number of aryl methyl sites for hydroxylation is 1. The molecule has 8 nitrogen and oxygen atoms in total. The maximum Gasteiger partial charge on any atom is 0.271 e. The van der Waals surface area contributed by atoms with E-state index in [0.29, 0.717) is 26.3 Å². The molecule has 5 rings (SSSR count). The first-order chi connectivity index (χ1) is 15.9. The number of nitrogens with zero attached hydrogens (tertiary/aromatic N) is 4. The monoisotopic (exact) mass is 459 g/mol.